The maximum absolute atomic E-state index is 12.5. The predicted molar refractivity (Wildman–Crippen MR) is 109 cm³/mol. The van der Waals surface area contributed by atoms with E-state index in [9.17, 15) is 4.79 Å². The molecule has 0 aliphatic rings. The Morgan fingerprint density at radius 3 is 2.38 bits per heavy atom. The van der Waals surface area contributed by atoms with E-state index in [0.717, 1.165) is 41.8 Å². The number of hydrogen-bond acceptors (Lipinski definition) is 3. The van der Waals surface area contributed by atoms with Crippen LogP contribution in [0.4, 0.5) is 0 Å². The quantitative estimate of drug-likeness (QED) is 0.550. The number of nitrogens with one attached hydrogen (secondary N) is 1. The van der Waals surface area contributed by atoms with Gasteiger partial charge in [0.2, 0.25) is 0 Å². The molecule has 3 rings (SSSR count). The molecular weight excluding hydrogens is 340 g/mol. The predicted octanol–water partition coefficient (Wildman–Crippen LogP) is 5.32. The molecule has 3 aromatic rings. The molecule has 0 saturated heterocycles. The molecular formula is C22H24N2OS. The van der Waals surface area contributed by atoms with Crippen LogP contribution in [-0.4, -0.2) is 17.4 Å². The average Bonchev–Trinajstić information content (AvgIpc) is 3.10. The highest BCUT2D eigenvalue weighted by atomic mass is 32.1. The first-order chi connectivity index (χ1) is 12.8. The summed E-state index contributed by atoms with van der Waals surface area (Å²) in [5, 5.41) is 3.55. The fourth-order valence-corrected chi connectivity index (χ4v) is 3.83. The first-order valence-corrected chi connectivity index (χ1v) is 9.97. The normalized spacial score (nSPS) is 10.7. The number of unbranched alkanes of at least 4 members (excludes halogenated alkanes) is 2. The molecule has 0 fully saturated rings. The van der Waals surface area contributed by atoms with Gasteiger partial charge in [0, 0.05) is 13.0 Å². The van der Waals surface area contributed by atoms with Crippen LogP contribution in [0.15, 0.2) is 60.7 Å². The third-order valence-corrected chi connectivity index (χ3v) is 5.35. The number of rotatable bonds is 8. The van der Waals surface area contributed by atoms with Crippen LogP contribution >= 0.6 is 11.3 Å². The van der Waals surface area contributed by atoms with Crippen LogP contribution in [0.25, 0.3) is 10.4 Å². The molecule has 0 bridgehead atoms. The van der Waals surface area contributed by atoms with Crippen molar-refractivity contribution < 1.29 is 4.79 Å². The van der Waals surface area contributed by atoms with Gasteiger partial charge in [-0.1, -0.05) is 80.4 Å². The summed E-state index contributed by atoms with van der Waals surface area (Å²) in [6, 6.07) is 20.5. The van der Waals surface area contributed by atoms with Gasteiger partial charge < -0.3 is 5.32 Å². The number of amides is 1. The van der Waals surface area contributed by atoms with Gasteiger partial charge in [-0.2, -0.15) is 0 Å². The Labute approximate surface area is 159 Å². The number of aromatic nitrogens is 1. The third kappa shape index (κ3) is 4.79. The number of hydrogen-bond donors (Lipinski definition) is 1. The van der Waals surface area contributed by atoms with Gasteiger partial charge in [0.05, 0.1) is 10.6 Å². The lowest BCUT2D eigenvalue weighted by atomic mass is 10.1. The Hall–Kier alpha value is -2.46. The van der Waals surface area contributed by atoms with Crippen LogP contribution in [0, 0.1) is 0 Å². The Morgan fingerprint density at radius 1 is 1.00 bits per heavy atom. The molecule has 0 radical (unpaired) electrons. The summed E-state index contributed by atoms with van der Waals surface area (Å²) in [5.41, 5.74) is 3.27. The Balaban J connectivity index is 1.84. The van der Waals surface area contributed by atoms with E-state index in [0.29, 0.717) is 11.6 Å². The number of carbonyl (C=O) groups excluding carboxylic acids is 1. The van der Waals surface area contributed by atoms with Crippen molar-refractivity contribution in [1.82, 2.24) is 10.3 Å². The monoisotopic (exact) mass is 364 g/mol. The maximum atomic E-state index is 12.5. The molecule has 1 N–H and O–H groups in total. The van der Waals surface area contributed by atoms with Crippen molar-refractivity contribution in [2.45, 2.75) is 32.6 Å². The van der Waals surface area contributed by atoms with E-state index in [4.69, 9.17) is 0 Å². The van der Waals surface area contributed by atoms with E-state index in [1.54, 1.807) is 0 Å². The number of thiazole rings is 1. The van der Waals surface area contributed by atoms with Gasteiger partial charge >= 0.3 is 0 Å². The van der Waals surface area contributed by atoms with Gasteiger partial charge in [0.1, 0.15) is 0 Å². The molecule has 0 unspecified atom stereocenters. The van der Waals surface area contributed by atoms with Crippen molar-refractivity contribution in [1.29, 1.82) is 0 Å². The lowest BCUT2D eigenvalue weighted by Gasteiger charge is -2.02. The summed E-state index contributed by atoms with van der Waals surface area (Å²) >= 11 is 1.48. The summed E-state index contributed by atoms with van der Waals surface area (Å²) in [5.74, 6) is -0.0670. The smallest absolute Gasteiger partial charge is 0.280 e. The second-order valence-electron chi connectivity index (χ2n) is 6.29. The fourth-order valence-electron chi connectivity index (χ4n) is 2.83. The summed E-state index contributed by atoms with van der Waals surface area (Å²) in [7, 11) is 0. The van der Waals surface area contributed by atoms with E-state index in [2.05, 4.69) is 41.5 Å². The summed E-state index contributed by atoms with van der Waals surface area (Å²) in [6.07, 6.45) is 4.01. The molecule has 0 aliphatic carbocycles. The topological polar surface area (TPSA) is 42.0 Å². The Bertz CT molecular complexity index is 828. The molecule has 2 aromatic carbocycles. The first kappa shape index (κ1) is 18.3. The molecule has 134 valence electrons. The molecule has 0 spiro atoms. The van der Waals surface area contributed by atoms with Gasteiger partial charge in [-0.25, -0.2) is 4.98 Å². The second kappa shape index (κ2) is 9.30. The minimum Gasteiger partial charge on any atom is -0.350 e. The standard InChI is InChI=1S/C22H24N2OS/c1-2-3-10-15-23-21(25)22-24-19(16-17-11-6-4-7-12-17)20(26-22)18-13-8-5-9-14-18/h4-9,11-14H,2-3,10,15-16H2,1H3,(H,23,25). The van der Waals surface area contributed by atoms with Gasteiger partial charge in [-0.05, 0) is 17.5 Å². The van der Waals surface area contributed by atoms with Crippen LogP contribution in [0.5, 0.6) is 0 Å². The van der Waals surface area contributed by atoms with Crippen LogP contribution < -0.4 is 5.32 Å². The number of carbonyl (C=O) groups is 1. The van der Waals surface area contributed by atoms with Crippen molar-refractivity contribution in [2.75, 3.05) is 6.54 Å². The average molecular weight is 365 g/mol. The molecule has 26 heavy (non-hydrogen) atoms. The third-order valence-electron chi connectivity index (χ3n) is 4.21. The molecule has 0 saturated carbocycles. The van der Waals surface area contributed by atoms with E-state index < -0.39 is 0 Å². The summed E-state index contributed by atoms with van der Waals surface area (Å²) in [6.45, 7) is 2.87. The highest BCUT2D eigenvalue weighted by Crippen LogP contribution is 2.31. The molecule has 0 aliphatic heterocycles. The minimum absolute atomic E-state index is 0.0670. The largest absolute Gasteiger partial charge is 0.350 e. The lowest BCUT2D eigenvalue weighted by Crippen LogP contribution is -2.24. The van der Waals surface area contributed by atoms with Crippen molar-refractivity contribution in [3.05, 3.63) is 76.9 Å². The van der Waals surface area contributed by atoms with Crippen molar-refractivity contribution in [3.8, 4) is 10.4 Å². The molecule has 0 atom stereocenters. The number of nitrogens with zero attached hydrogens (tertiary/aromatic N) is 1. The van der Waals surface area contributed by atoms with Gasteiger partial charge in [0.25, 0.3) is 5.91 Å². The minimum atomic E-state index is -0.0670. The Kier molecular flexibility index (Phi) is 6.56. The highest BCUT2D eigenvalue weighted by molar-refractivity contribution is 7.17. The van der Waals surface area contributed by atoms with E-state index >= 15 is 0 Å². The molecule has 1 heterocycles. The van der Waals surface area contributed by atoms with Crippen molar-refractivity contribution in [3.63, 3.8) is 0 Å². The molecule has 1 amide bonds. The van der Waals surface area contributed by atoms with Gasteiger partial charge in [-0.15, -0.1) is 11.3 Å². The summed E-state index contributed by atoms with van der Waals surface area (Å²) < 4.78 is 0. The zero-order chi connectivity index (χ0) is 18.2. The number of benzene rings is 2. The van der Waals surface area contributed by atoms with E-state index in [-0.39, 0.29) is 5.91 Å². The van der Waals surface area contributed by atoms with E-state index in [1.165, 1.54) is 16.9 Å². The zero-order valence-electron chi connectivity index (χ0n) is 15.1. The second-order valence-corrected chi connectivity index (χ2v) is 7.29. The SMILES string of the molecule is CCCCCNC(=O)c1nc(Cc2ccccc2)c(-c2ccccc2)s1. The Morgan fingerprint density at radius 2 is 1.69 bits per heavy atom. The maximum Gasteiger partial charge on any atom is 0.280 e. The van der Waals surface area contributed by atoms with Crippen LogP contribution in [-0.2, 0) is 6.42 Å². The molecule has 3 nitrogen and oxygen atoms in total. The molecule has 4 heteroatoms. The van der Waals surface area contributed by atoms with Crippen LogP contribution in [0.3, 0.4) is 0 Å². The van der Waals surface area contributed by atoms with Crippen LogP contribution in [0.2, 0.25) is 0 Å². The lowest BCUT2D eigenvalue weighted by molar-refractivity contribution is 0.0952. The van der Waals surface area contributed by atoms with Gasteiger partial charge in [0.15, 0.2) is 5.01 Å². The van der Waals surface area contributed by atoms with Crippen LogP contribution in [0.1, 0.15) is 47.2 Å². The zero-order valence-corrected chi connectivity index (χ0v) is 15.9. The van der Waals surface area contributed by atoms with Crippen molar-refractivity contribution >= 4 is 17.2 Å². The van der Waals surface area contributed by atoms with E-state index in [1.807, 2.05) is 36.4 Å². The molecule has 1 aromatic heterocycles. The van der Waals surface area contributed by atoms with Crippen molar-refractivity contribution in [2.24, 2.45) is 0 Å². The fraction of sp³-hybridized carbons (Fsp3) is 0.273. The van der Waals surface area contributed by atoms with Gasteiger partial charge in [-0.3, -0.25) is 4.79 Å². The first-order valence-electron chi connectivity index (χ1n) is 9.15. The highest BCUT2D eigenvalue weighted by Gasteiger charge is 2.18. The summed E-state index contributed by atoms with van der Waals surface area (Å²) in [4.78, 5) is 18.3.